The first-order chi connectivity index (χ1) is 40.9. The number of benzene rings is 4. The van der Waals surface area contributed by atoms with E-state index in [1.807, 2.05) is 12.1 Å². The van der Waals surface area contributed by atoms with E-state index in [-0.39, 0.29) is 58.7 Å². The van der Waals surface area contributed by atoms with E-state index in [0.29, 0.717) is 12.8 Å². The van der Waals surface area contributed by atoms with E-state index < -0.39 is 20.2 Å². The van der Waals surface area contributed by atoms with E-state index in [9.17, 15) is 25.9 Å². The maximum atomic E-state index is 12.1. The van der Waals surface area contributed by atoms with Crippen LogP contribution in [0.5, 0.6) is 0 Å². The Hall–Kier alpha value is -1.21. The van der Waals surface area contributed by atoms with Gasteiger partial charge in [0, 0.05) is 0 Å². The van der Waals surface area contributed by atoms with Gasteiger partial charge in [-0.2, -0.15) is 0 Å². The van der Waals surface area contributed by atoms with Gasteiger partial charge in [0.2, 0.25) is 0 Å². The summed E-state index contributed by atoms with van der Waals surface area (Å²) in [5.41, 5.74) is 4.07. The third kappa shape index (κ3) is 38.3. The second kappa shape index (κ2) is 52.4. The first-order valence-electron chi connectivity index (χ1n) is 35.9. The van der Waals surface area contributed by atoms with Gasteiger partial charge in [0.25, 0.3) is 0 Å². The van der Waals surface area contributed by atoms with Crippen molar-refractivity contribution in [3.63, 3.8) is 0 Å². The molecule has 0 radical (unpaired) electrons. The monoisotopic (exact) mass is 1340 g/mol. The Balaban J connectivity index is 0.000000573. The summed E-state index contributed by atoms with van der Waals surface area (Å²) in [6, 6.07) is 19.6. The molecule has 6 nitrogen and oxygen atoms in total. The zero-order valence-corrected chi connectivity index (χ0v) is 61.6. The summed E-state index contributed by atoms with van der Waals surface area (Å²) in [6.45, 7) is 9.07. The minimum atomic E-state index is -4.49. The van der Waals surface area contributed by atoms with Crippen LogP contribution in [0.4, 0.5) is 0 Å². The SMILES string of the molecule is CCCCCCCCCCCCCCc1ccc2c(CCCCCCCCCCCCCC)c(S(=O)(=O)[O-])ccc2c1.CCCCCCCCCCCCCCc1ccc2c(CCCCCCCCCCCCCC)c(S(=O)(=O)[O-])ccc2c1.[Ba+2]. The smallest absolute Gasteiger partial charge is 0.744 e. The Kier molecular flexibility index (Phi) is 49.3. The molecule has 85 heavy (non-hydrogen) atoms. The average Bonchev–Trinajstić information content (AvgIpc) is 3.57. The van der Waals surface area contributed by atoms with Crippen LogP contribution in [-0.2, 0) is 45.9 Å². The Morgan fingerprint density at radius 2 is 0.459 bits per heavy atom. The van der Waals surface area contributed by atoms with E-state index in [0.717, 1.165) is 71.2 Å². The molecule has 4 aromatic carbocycles. The molecule has 0 saturated heterocycles. The molecular weight excluding hydrogens is 1210 g/mol. The predicted octanol–water partition coefficient (Wildman–Crippen LogP) is 24.1. The molecule has 0 spiro atoms. The molecule has 9 heteroatoms. The van der Waals surface area contributed by atoms with Gasteiger partial charge in [0.05, 0.1) is 9.79 Å². The second-order valence-corrected chi connectivity index (χ2v) is 28.4. The van der Waals surface area contributed by atoms with Crippen LogP contribution in [-0.4, -0.2) is 74.8 Å². The van der Waals surface area contributed by atoms with Crippen LogP contribution in [0.3, 0.4) is 0 Å². The van der Waals surface area contributed by atoms with Crippen molar-refractivity contribution in [3.05, 3.63) is 82.9 Å². The van der Waals surface area contributed by atoms with E-state index in [4.69, 9.17) is 0 Å². The van der Waals surface area contributed by atoms with Crippen LogP contribution in [0.2, 0.25) is 0 Å². The standard InChI is InChI=1S/2C38H64O3S.Ba/c2*1-3-5-7-9-11-13-15-17-19-21-23-25-27-34-29-31-36-35(33-34)30-32-38(42(39,40)41)37(36)28-26-24-22-20-18-16-14-12-10-8-6-4-2;/h2*29-33H,3-28H2,1-2H3,(H,39,40,41);/q;;+2/p-2. The van der Waals surface area contributed by atoms with Crippen molar-refractivity contribution < 1.29 is 25.9 Å². The molecule has 0 bridgehead atoms. The summed E-state index contributed by atoms with van der Waals surface area (Å²) in [4.78, 5) is -0.0430. The third-order valence-corrected chi connectivity index (χ3v) is 19.9. The first kappa shape index (κ1) is 79.9. The molecule has 0 aliphatic rings. The summed E-state index contributed by atoms with van der Waals surface area (Å²) in [5, 5.41) is 4.00. The molecule has 480 valence electrons. The van der Waals surface area contributed by atoms with Crippen LogP contribution in [0, 0.1) is 0 Å². The fourth-order valence-electron chi connectivity index (χ4n) is 12.8. The van der Waals surface area contributed by atoms with Crippen molar-refractivity contribution in [1.29, 1.82) is 0 Å². The van der Waals surface area contributed by atoms with Crippen molar-refractivity contribution in [2.75, 3.05) is 0 Å². The summed E-state index contributed by atoms with van der Waals surface area (Å²) in [5.74, 6) is 0. The fraction of sp³-hybridized carbons (Fsp3) is 0.737. The summed E-state index contributed by atoms with van der Waals surface area (Å²) < 4.78 is 72.4. The Bertz CT molecular complexity index is 2300. The quantitative estimate of drug-likeness (QED) is 0.0247. The van der Waals surface area contributed by atoms with Crippen molar-refractivity contribution in [3.8, 4) is 0 Å². The van der Waals surface area contributed by atoms with Gasteiger partial charge in [0.15, 0.2) is 0 Å². The van der Waals surface area contributed by atoms with Gasteiger partial charge in [-0.15, -0.1) is 0 Å². The molecule has 0 aromatic heterocycles. The number of hydrogen-bond acceptors (Lipinski definition) is 6. The van der Waals surface area contributed by atoms with Crippen molar-refractivity contribution in [2.24, 2.45) is 0 Å². The predicted molar refractivity (Wildman–Crippen MR) is 369 cm³/mol. The molecule has 4 aromatic rings. The van der Waals surface area contributed by atoms with Crippen molar-refractivity contribution in [2.45, 2.75) is 371 Å². The minimum Gasteiger partial charge on any atom is -0.744 e. The van der Waals surface area contributed by atoms with Gasteiger partial charge in [0.1, 0.15) is 20.2 Å². The van der Waals surface area contributed by atoms with Gasteiger partial charge in [-0.25, -0.2) is 16.8 Å². The Morgan fingerprint density at radius 3 is 0.671 bits per heavy atom. The summed E-state index contributed by atoms with van der Waals surface area (Å²) in [6.07, 6.45) is 66.4. The number of hydrogen-bond donors (Lipinski definition) is 0. The zero-order valence-electron chi connectivity index (χ0n) is 55.5. The maximum Gasteiger partial charge on any atom is 2.00 e. The molecule has 0 atom stereocenters. The molecule has 0 heterocycles. The molecule has 0 aliphatic heterocycles. The Morgan fingerprint density at radius 1 is 0.259 bits per heavy atom. The molecule has 0 fully saturated rings. The second-order valence-electron chi connectivity index (χ2n) is 25.7. The van der Waals surface area contributed by atoms with E-state index in [2.05, 4.69) is 64.1 Å². The average molecular weight is 1340 g/mol. The van der Waals surface area contributed by atoms with E-state index in [1.54, 1.807) is 12.1 Å². The molecule has 0 aliphatic carbocycles. The molecule has 0 N–H and O–H groups in total. The fourth-order valence-corrected chi connectivity index (χ4v) is 14.3. The van der Waals surface area contributed by atoms with Crippen molar-refractivity contribution in [1.82, 2.24) is 0 Å². The summed E-state index contributed by atoms with van der Waals surface area (Å²) in [7, 11) is -8.97. The number of fused-ring (bicyclic) bond motifs is 2. The van der Waals surface area contributed by atoms with E-state index >= 15 is 0 Å². The van der Waals surface area contributed by atoms with Gasteiger partial charge in [-0.1, -0.05) is 359 Å². The number of aryl methyl sites for hydroxylation is 4. The van der Waals surface area contributed by atoms with Crippen LogP contribution in [0.15, 0.2) is 70.5 Å². The third-order valence-electron chi connectivity index (χ3n) is 18.0. The van der Waals surface area contributed by atoms with Gasteiger partial charge < -0.3 is 9.11 Å². The van der Waals surface area contributed by atoms with Gasteiger partial charge in [-0.3, -0.25) is 0 Å². The summed E-state index contributed by atoms with van der Waals surface area (Å²) >= 11 is 0. The topological polar surface area (TPSA) is 114 Å². The number of rotatable bonds is 54. The van der Waals surface area contributed by atoms with Crippen molar-refractivity contribution >= 4 is 90.7 Å². The maximum absolute atomic E-state index is 12.1. The van der Waals surface area contributed by atoms with E-state index in [1.165, 1.54) is 294 Å². The molecule has 4 rings (SSSR count). The molecule has 0 unspecified atom stereocenters. The molecule has 0 saturated carbocycles. The van der Waals surface area contributed by atoms with Gasteiger partial charge >= 0.3 is 48.9 Å². The van der Waals surface area contributed by atoms with Crippen LogP contribution in [0.1, 0.15) is 358 Å². The molecule has 0 amide bonds. The first-order valence-corrected chi connectivity index (χ1v) is 38.8. The zero-order chi connectivity index (χ0) is 60.6. The molecular formula is C76H126BaO6S2. The minimum absolute atomic E-state index is 0. The van der Waals surface area contributed by atoms with Crippen LogP contribution in [0.25, 0.3) is 21.5 Å². The normalized spacial score (nSPS) is 11.8. The number of unbranched alkanes of at least 4 members (excludes halogenated alkanes) is 44. The largest absolute Gasteiger partial charge is 2.00 e. The Labute approximate surface area is 565 Å². The van der Waals surface area contributed by atoms with Crippen LogP contribution < -0.4 is 0 Å². The van der Waals surface area contributed by atoms with Crippen LogP contribution >= 0.6 is 0 Å². The van der Waals surface area contributed by atoms with Gasteiger partial charge in [-0.05, 0) is 107 Å².